The first-order chi connectivity index (χ1) is 8.04. The summed E-state index contributed by atoms with van der Waals surface area (Å²) in [5.74, 6) is 0.0795. The van der Waals surface area contributed by atoms with Crippen LogP contribution in [0.25, 0.3) is 0 Å². The Balaban J connectivity index is 2.57. The van der Waals surface area contributed by atoms with E-state index in [9.17, 15) is 4.79 Å². The Hall–Kier alpha value is -2.02. The van der Waals surface area contributed by atoms with Crippen molar-refractivity contribution < 1.29 is 4.79 Å². The van der Waals surface area contributed by atoms with Gasteiger partial charge in [0, 0.05) is 13.1 Å². The summed E-state index contributed by atoms with van der Waals surface area (Å²) in [4.78, 5) is 15.5. The molecule has 17 heavy (non-hydrogen) atoms. The maximum Gasteiger partial charge on any atom is 0.246 e. The van der Waals surface area contributed by atoms with Gasteiger partial charge < -0.3 is 9.80 Å². The van der Waals surface area contributed by atoms with Gasteiger partial charge in [-0.1, -0.05) is 0 Å². The molecule has 1 heterocycles. The van der Waals surface area contributed by atoms with Gasteiger partial charge in [-0.2, -0.15) is 5.26 Å². The smallest absolute Gasteiger partial charge is 0.246 e. The quantitative estimate of drug-likeness (QED) is 0.737. The van der Waals surface area contributed by atoms with Crippen molar-refractivity contribution in [3.8, 4) is 6.07 Å². The molecule has 1 aromatic rings. The molecule has 4 heteroatoms. The highest BCUT2D eigenvalue weighted by Gasteiger charge is 2.28. The molecule has 4 nitrogen and oxygen atoms in total. The molecule has 0 N–H and O–H groups in total. The van der Waals surface area contributed by atoms with Crippen LogP contribution in [0.1, 0.15) is 19.4 Å². The lowest BCUT2D eigenvalue weighted by atomic mass is 10.1. The fraction of sp³-hybridized carbons (Fsp3) is 0.385. The Morgan fingerprint density at radius 1 is 1.35 bits per heavy atom. The second-order valence-corrected chi connectivity index (χ2v) is 4.49. The van der Waals surface area contributed by atoms with Gasteiger partial charge in [-0.25, -0.2) is 0 Å². The first-order valence-corrected chi connectivity index (χ1v) is 5.62. The molecule has 1 aliphatic rings. The van der Waals surface area contributed by atoms with Gasteiger partial charge in [-0.3, -0.25) is 4.79 Å². The lowest BCUT2D eigenvalue weighted by molar-refractivity contribution is -0.117. The van der Waals surface area contributed by atoms with Crippen LogP contribution in [-0.2, 0) is 4.79 Å². The zero-order chi connectivity index (χ0) is 12.6. The summed E-state index contributed by atoms with van der Waals surface area (Å²) >= 11 is 0. The largest absolute Gasteiger partial charge is 0.358 e. The van der Waals surface area contributed by atoms with Crippen LogP contribution in [0.4, 0.5) is 11.4 Å². The number of nitrogens with zero attached hydrogens (tertiary/aromatic N) is 3. The number of hydrogen-bond donors (Lipinski definition) is 0. The van der Waals surface area contributed by atoms with Crippen LogP contribution in [0, 0.1) is 11.3 Å². The number of amides is 1. The zero-order valence-corrected chi connectivity index (χ0v) is 10.3. The van der Waals surface area contributed by atoms with Crippen molar-refractivity contribution in [1.82, 2.24) is 0 Å². The Bertz CT molecular complexity index is 502. The van der Waals surface area contributed by atoms with Crippen molar-refractivity contribution in [2.24, 2.45) is 0 Å². The van der Waals surface area contributed by atoms with Crippen molar-refractivity contribution >= 4 is 17.3 Å². The average molecular weight is 229 g/mol. The summed E-state index contributed by atoms with van der Waals surface area (Å²) in [5, 5.41) is 8.93. The molecule has 0 saturated heterocycles. The van der Waals surface area contributed by atoms with E-state index in [1.54, 1.807) is 18.0 Å². The molecule has 0 radical (unpaired) electrons. The molecular weight excluding hydrogens is 214 g/mol. The molecular formula is C13H15N3O. The topological polar surface area (TPSA) is 47.3 Å². The van der Waals surface area contributed by atoms with Crippen LogP contribution in [0.2, 0.25) is 0 Å². The maximum absolute atomic E-state index is 11.8. The zero-order valence-electron chi connectivity index (χ0n) is 10.3. The van der Waals surface area contributed by atoms with E-state index in [1.807, 2.05) is 30.9 Å². The number of benzene rings is 1. The number of carbonyl (C=O) groups is 1. The molecule has 88 valence electrons. The van der Waals surface area contributed by atoms with Crippen molar-refractivity contribution in [2.45, 2.75) is 19.9 Å². The second kappa shape index (κ2) is 4.10. The molecule has 0 aliphatic carbocycles. The molecule has 0 saturated carbocycles. The Kier molecular flexibility index (Phi) is 2.76. The molecule has 0 aromatic heterocycles. The minimum atomic E-state index is 0.0795. The van der Waals surface area contributed by atoms with E-state index in [1.165, 1.54) is 0 Å². The van der Waals surface area contributed by atoms with Crippen molar-refractivity contribution in [2.75, 3.05) is 23.4 Å². The van der Waals surface area contributed by atoms with Crippen LogP contribution in [0.3, 0.4) is 0 Å². The van der Waals surface area contributed by atoms with E-state index in [0.29, 0.717) is 12.1 Å². The molecule has 0 unspecified atom stereocenters. The SMILES string of the molecule is CC(C)N1CC(=O)N(C)c2ccc(C#N)cc21. The van der Waals surface area contributed by atoms with Crippen LogP contribution < -0.4 is 9.80 Å². The molecule has 2 rings (SSSR count). The number of carbonyl (C=O) groups excluding carboxylic acids is 1. The molecule has 0 spiro atoms. The highest BCUT2D eigenvalue weighted by molar-refractivity contribution is 6.03. The third kappa shape index (κ3) is 1.84. The van der Waals surface area contributed by atoms with Gasteiger partial charge in [0.1, 0.15) is 0 Å². The molecule has 0 atom stereocenters. The van der Waals surface area contributed by atoms with Gasteiger partial charge in [-0.15, -0.1) is 0 Å². The van der Waals surface area contributed by atoms with Gasteiger partial charge in [0.15, 0.2) is 0 Å². The third-order valence-electron chi connectivity index (χ3n) is 3.08. The number of nitriles is 1. The van der Waals surface area contributed by atoms with Gasteiger partial charge in [-0.05, 0) is 32.0 Å². The monoisotopic (exact) mass is 229 g/mol. The summed E-state index contributed by atoms with van der Waals surface area (Å²) in [6.45, 7) is 4.46. The van der Waals surface area contributed by atoms with E-state index >= 15 is 0 Å². The standard InChI is InChI=1S/C13H15N3O/c1-9(2)16-8-13(17)15(3)11-5-4-10(7-14)6-12(11)16/h4-6,9H,8H2,1-3H3. The first-order valence-electron chi connectivity index (χ1n) is 5.62. The van der Waals surface area contributed by atoms with E-state index in [0.717, 1.165) is 11.4 Å². The summed E-state index contributed by atoms with van der Waals surface area (Å²) in [5.41, 5.74) is 2.45. The highest BCUT2D eigenvalue weighted by atomic mass is 16.2. The van der Waals surface area contributed by atoms with Crippen molar-refractivity contribution in [1.29, 1.82) is 5.26 Å². The Labute approximate surface area is 101 Å². The van der Waals surface area contributed by atoms with Gasteiger partial charge in [0.25, 0.3) is 0 Å². The van der Waals surface area contributed by atoms with E-state index < -0.39 is 0 Å². The fourth-order valence-electron chi connectivity index (χ4n) is 2.04. The summed E-state index contributed by atoms with van der Waals surface area (Å²) in [7, 11) is 1.77. The maximum atomic E-state index is 11.8. The van der Waals surface area contributed by atoms with Gasteiger partial charge in [0.05, 0.1) is 29.6 Å². The number of fused-ring (bicyclic) bond motifs is 1. The molecule has 0 fully saturated rings. The van der Waals surface area contributed by atoms with E-state index in [4.69, 9.17) is 5.26 Å². The van der Waals surface area contributed by atoms with Gasteiger partial charge >= 0.3 is 0 Å². The molecule has 1 aromatic carbocycles. The average Bonchev–Trinajstić information content (AvgIpc) is 2.32. The van der Waals surface area contributed by atoms with E-state index in [-0.39, 0.29) is 11.9 Å². The second-order valence-electron chi connectivity index (χ2n) is 4.49. The van der Waals surface area contributed by atoms with E-state index in [2.05, 4.69) is 6.07 Å². The summed E-state index contributed by atoms with van der Waals surface area (Å²) < 4.78 is 0. The predicted octanol–water partition coefficient (Wildman–Crippen LogP) is 1.75. The highest BCUT2D eigenvalue weighted by Crippen LogP contribution is 2.34. The number of likely N-dealkylation sites (N-methyl/N-ethyl adjacent to an activating group) is 1. The van der Waals surface area contributed by atoms with Crippen LogP contribution in [0.15, 0.2) is 18.2 Å². The molecule has 0 bridgehead atoms. The molecule has 1 amide bonds. The lowest BCUT2D eigenvalue weighted by Crippen LogP contribution is -2.46. The van der Waals surface area contributed by atoms with Crippen LogP contribution in [-0.4, -0.2) is 25.5 Å². The number of hydrogen-bond acceptors (Lipinski definition) is 3. The fourth-order valence-corrected chi connectivity index (χ4v) is 2.04. The van der Waals surface area contributed by atoms with Crippen LogP contribution in [0.5, 0.6) is 0 Å². The predicted molar refractivity (Wildman–Crippen MR) is 67.0 cm³/mol. The minimum Gasteiger partial charge on any atom is -0.358 e. The van der Waals surface area contributed by atoms with Crippen LogP contribution >= 0.6 is 0 Å². The van der Waals surface area contributed by atoms with Crippen molar-refractivity contribution in [3.63, 3.8) is 0 Å². The Morgan fingerprint density at radius 2 is 2.06 bits per heavy atom. The van der Waals surface area contributed by atoms with Crippen molar-refractivity contribution in [3.05, 3.63) is 23.8 Å². The number of rotatable bonds is 1. The third-order valence-corrected chi connectivity index (χ3v) is 3.08. The summed E-state index contributed by atoms with van der Waals surface area (Å²) in [6, 6.07) is 7.79. The normalized spacial score (nSPS) is 14.9. The first kappa shape index (κ1) is 11.5. The summed E-state index contributed by atoms with van der Waals surface area (Å²) in [6.07, 6.45) is 0. The minimum absolute atomic E-state index is 0.0795. The molecule has 1 aliphatic heterocycles. The lowest BCUT2D eigenvalue weighted by Gasteiger charge is -2.38. The van der Waals surface area contributed by atoms with Gasteiger partial charge in [0.2, 0.25) is 5.91 Å². The Morgan fingerprint density at radius 3 is 2.65 bits per heavy atom. The number of anilines is 2.